The molecule has 2 aromatic rings. The van der Waals surface area contributed by atoms with Crippen molar-refractivity contribution < 1.29 is 9.90 Å². The minimum Gasteiger partial charge on any atom is -0.478 e. The highest BCUT2D eigenvalue weighted by atomic mass is 32.2. The molecular weight excluding hydrogens is 320 g/mol. The number of benzene rings is 1. The van der Waals surface area contributed by atoms with Crippen LogP contribution in [0.2, 0.25) is 0 Å². The molecule has 0 bridgehead atoms. The second-order valence-electron chi connectivity index (χ2n) is 4.17. The van der Waals surface area contributed by atoms with E-state index in [1.54, 1.807) is 24.3 Å². The van der Waals surface area contributed by atoms with E-state index < -0.39 is 5.97 Å². The molecule has 22 heavy (non-hydrogen) atoms. The molecular formula is C14H12N4O2S2. The molecule has 1 aromatic carbocycles. The molecule has 0 saturated heterocycles. The van der Waals surface area contributed by atoms with E-state index in [0.717, 1.165) is 5.56 Å². The van der Waals surface area contributed by atoms with Crippen LogP contribution in [0.1, 0.15) is 21.5 Å². The van der Waals surface area contributed by atoms with Gasteiger partial charge in [-0.2, -0.15) is 5.26 Å². The maximum atomic E-state index is 10.8. The van der Waals surface area contributed by atoms with E-state index in [1.165, 1.54) is 23.5 Å². The van der Waals surface area contributed by atoms with Gasteiger partial charge in [0.05, 0.1) is 5.56 Å². The Hall–Kier alpha value is -2.24. The number of hydrogen-bond acceptors (Lipinski definition) is 7. The van der Waals surface area contributed by atoms with Gasteiger partial charge in [-0.05, 0) is 24.0 Å². The SMILES string of the molecule is CSc1nc(N)nc(SCc2ccc(C(=O)O)cc2)c1C#N. The lowest BCUT2D eigenvalue weighted by atomic mass is 10.1. The van der Waals surface area contributed by atoms with Crippen LogP contribution in [0.5, 0.6) is 0 Å². The minimum atomic E-state index is -0.959. The topological polar surface area (TPSA) is 113 Å². The van der Waals surface area contributed by atoms with Gasteiger partial charge in [0.25, 0.3) is 0 Å². The van der Waals surface area contributed by atoms with Crippen LogP contribution in [-0.2, 0) is 5.75 Å². The average Bonchev–Trinajstić information content (AvgIpc) is 2.52. The highest BCUT2D eigenvalue weighted by Crippen LogP contribution is 2.29. The highest BCUT2D eigenvalue weighted by molar-refractivity contribution is 7.99. The number of nitriles is 1. The molecule has 0 saturated carbocycles. The van der Waals surface area contributed by atoms with Crippen molar-refractivity contribution in [3.05, 3.63) is 41.0 Å². The number of carboxylic acids is 1. The quantitative estimate of drug-likeness (QED) is 0.634. The van der Waals surface area contributed by atoms with Crippen LogP contribution < -0.4 is 5.73 Å². The molecule has 0 unspecified atom stereocenters. The van der Waals surface area contributed by atoms with Crippen LogP contribution in [-0.4, -0.2) is 27.3 Å². The molecule has 0 spiro atoms. The van der Waals surface area contributed by atoms with Crippen molar-refractivity contribution in [1.29, 1.82) is 5.26 Å². The maximum Gasteiger partial charge on any atom is 0.335 e. The molecule has 0 aliphatic carbocycles. The molecule has 2 rings (SSSR count). The van der Waals surface area contributed by atoms with Crippen molar-refractivity contribution in [2.24, 2.45) is 0 Å². The lowest BCUT2D eigenvalue weighted by Crippen LogP contribution is -2.01. The third-order valence-electron chi connectivity index (χ3n) is 2.74. The predicted octanol–water partition coefficient (Wildman–Crippen LogP) is 2.64. The smallest absolute Gasteiger partial charge is 0.335 e. The summed E-state index contributed by atoms with van der Waals surface area (Å²) < 4.78 is 0. The van der Waals surface area contributed by atoms with Crippen molar-refractivity contribution in [3.8, 4) is 6.07 Å². The Morgan fingerprint density at radius 3 is 2.50 bits per heavy atom. The number of aromatic nitrogens is 2. The van der Waals surface area contributed by atoms with Crippen LogP contribution >= 0.6 is 23.5 Å². The summed E-state index contributed by atoms with van der Waals surface area (Å²) in [6.45, 7) is 0. The first-order valence-corrected chi connectivity index (χ1v) is 8.32. The molecule has 0 fully saturated rings. The maximum absolute atomic E-state index is 10.8. The molecule has 1 heterocycles. The van der Waals surface area contributed by atoms with Crippen LogP contribution in [0.15, 0.2) is 34.3 Å². The Kier molecular flexibility index (Phi) is 5.25. The van der Waals surface area contributed by atoms with E-state index in [0.29, 0.717) is 21.4 Å². The monoisotopic (exact) mass is 332 g/mol. The fraction of sp³-hybridized carbons (Fsp3) is 0.143. The highest BCUT2D eigenvalue weighted by Gasteiger charge is 2.13. The Labute approximate surface area is 135 Å². The van der Waals surface area contributed by atoms with E-state index in [4.69, 9.17) is 10.8 Å². The third-order valence-corrected chi connectivity index (χ3v) is 4.47. The summed E-state index contributed by atoms with van der Waals surface area (Å²) in [5.41, 5.74) is 7.24. The van der Waals surface area contributed by atoms with Crippen LogP contribution in [0.3, 0.4) is 0 Å². The number of anilines is 1. The van der Waals surface area contributed by atoms with E-state index >= 15 is 0 Å². The molecule has 0 radical (unpaired) electrons. The molecule has 6 nitrogen and oxygen atoms in total. The first kappa shape index (κ1) is 16.1. The number of carbonyl (C=O) groups is 1. The molecule has 0 aliphatic rings. The Balaban J connectivity index is 2.19. The van der Waals surface area contributed by atoms with Crippen LogP contribution in [0.4, 0.5) is 5.95 Å². The van der Waals surface area contributed by atoms with Crippen molar-refractivity contribution >= 4 is 35.4 Å². The zero-order chi connectivity index (χ0) is 16.1. The van der Waals surface area contributed by atoms with Gasteiger partial charge < -0.3 is 10.8 Å². The fourth-order valence-electron chi connectivity index (χ4n) is 1.68. The van der Waals surface area contributed by atoms with E-state index in [2.05, 4.69) is 16.0 Å². The first-order chi connectivity index (χ1) is 10.5. The van der Waals surface area contributed by atoms with Gasteiger partial charge >= 0.3 is 5.97 Å². The fourth-order valence-corrected chi connectivity index (χ4v) is 3.22. The second-order valence-corrected chi connectivity index (χ2v) is 5.93. The molecule has 112 valence electrons. The predicted molar refractivity (Wildman–Crippen MR) is 85.9 cm³/mol. The van der Waals surface area contributed by atoms with Gasteiger partial charge in [-0.25, -0.2) is 14.8 Å². The Morgan fingerprint density at radius 2 is 1.95 bits per heavy atom. The van der Waals surface area contributed by atoms with Crippen molar-refractivity contribution in [3.63, 3.8) is 0 Å². The van der Waals surface area contributed by atoms with Crippen LogP contribution in [0.25, 0.3) is 0 Å². The number of carboxylic acid groups (broad SMARTS) is 1. The van der Waals surface area contributed by atoms with Gasteiger partial charge in [0, 0.05) is 5.75 Å². The number of rotatable bonds is 5. The third kappa shape index (κ3) is 3.69. The minimum absolute atomic E-state index is 0.132. The van der Waals surface area contributed by atoms with Gasteiger partial charge in [-0.15, -0.1) is 23.5 Å². The largest absolute Gasteiger partial charge is 0.478 e. The van der Waals surface area contributed by atoms with Gasteiger partial charge in [-0.1, -0.05) is 12.1 Å². The number of nitrogen functional groups attached to an aromatic ring is 1. The molecule has 0 atom stereocenters. The summed E-state index contributed by atoms with van der Waals surface area (Å²) in [5.74, 6) is -0.273. The van der Waals surface area contributed by atoms with Gasteiger partial charge in [-0.3, -0.25) is 0 Å². The van der Waals surface area contributed by atoms with Gasteiger partial charge in [0.1, 0.15) is 21.7 Å². The van der Waals surface area contributed by atoms with Crippen molar-refractivity contribution in [2.45, 2.75) is 15.8 Å². The van der Waals surface area contributed by atoms with Crippen LogP contribution in [0, 0.1) is 11.3 Å². The number of nitrogens with zero attached hydrogens (tertiary/aromatic N) is 3. The van der Waals surface area contributed by atoms with Gasteiger partial charge in [0.2, 0.25) is 5.95 Å². The Bertz CT molecular complexity index is 742. The normalized spacial score (nSPS) is 10.2. The zero-order valence-electron chi connectivity index (χ0n) is 11.6. The molecule has 3 N–H and O–H groups in total. The number of thioether (sulfide) groups is 2. The summed E-state index contributed by atoms with van der Waals surface area (Å²) in [6, 6.07) is 8.67. The summed E-state index contributed by atoms with van der Waals surface area (Å²) in [4.78, 5) is 19.0. The number of hydrogen-bond donors (Lipinski definition) is 2. The molecule has 0 amide bonds. The van der Waals surface area contributed by atoms with Crippen molar-refractivity contribution in [2.75, 3.05) is 12.0 Å². The summed E-state index contributed by atoms with van der Waals surface area (Å²) in [5, 5.41) is 19.2. The average molecular weight is 332 g/mol. The number of aromatic carboxylic acids is 1. The molecule has 1 aromatic heterocycles. The van der Waals surface area contributed by atoms with Crippen molar-refractivity contribution in [1.82, 2.24) is 9.97 Å². The van der Waals surface area contributed by atoms with Gasteiger partial charge in [0.15, 0.2) is 0 Å². The summed E-state index contributed by atoms with van der Waals surface area (Å²) in [6.07, 6.45) is 1.82. The van der Waals surface area contributed by atoms with E-state index in [1.807, 2.05) is 6.26 Å². The summed E-state index contributed by atoms with van der Waals surface area (Å²) in [7, 11) is 0. The van der Waals surface area contributed by atoms with E-state index in [9.17, 15) is 10.1 Å². The molecule has 0 aliphatic heterocycles. The number of nitrogens with two attached hydrogens (primary N) is 1. The molecule has 8 heteroatoms. The second kappa shape index (κ2) is 7.15. The first-order valence-electron chi connectivity index (χ1n) is 6.11. The van der Waals surface area contributed by atoms with E-state index in [-0.39, 0.29) is 11.5 Å². The Morgan fingerprint density at radius 1 is 1.32 bits per heavy atom. The lowest BCUT2D eigenvalue weighted by Gasteiger charge is -2.07. The zero-order valence-corrected chi connectivity index (χ0v) is 13.2. The summed E-state index contributed by atoms with van der Waals surface area (Å²) >= 11 is 2.71. The standard InChI is InChI=1S/C14H12N4O2S2/c1-21-11-10(6-15)12(18-14(16)17-11)22-7-8-2-4-9(5-3-8)13(19)20/h2-5H,7H2,1H3,(H,19,20)(H2,16,17,18). The lowest BCUT2D eigenvalue weighted by molar-refractivity contribution is 0.0697.